The van der Waals surface area contributed by atoms with Gasteiger partial charge < -0.3 is 9.47 Å². The van der Waals surface area contributed by atoms with Gasteiger partial charge in [-0.2, -0.15) is 0 Å². The van der Waals surface area contributed by atoms with Crippen molar-refractivity contribution in [1.29, 1.82) is 0 Å². The van der Waals surface area contributed by atoms with Crippen LogP contribution in [0, 0.1) is 17.6 Å². The molecule has 0 radical (unpaired) electrons. The minimum absolute atomic E-state index is 0.0406. The standard InChI is InChI=1S/C20H22F2N2O2/c1-23-13-15(2-3-19(23)25)11-20(26)24-6-4-14(5-7-24)8-16-9-17(21)12-18(22)10-16/h2-3,9-10,12-14H,4-8,11H2,1H3. The number of pyridine rings is 1. The molecule has 1 saturated heterocycles. The summed E-state index contributed by atoms with van der Waals surface area (Å²) in [6, 6.07) is 6.78. The Labute approximate surface area is 151 Å². The van der Waals surface area contributed by atoms with Crippen LogP contribution in [0.25, 0.3) is 0 Å². The van der Waals surface area contributed by atoms with E-state index in [-0.39, 0.29) is 17.9 Å². The first-order chi connectivity index (χ1) is 12.4. The molecule has 2 heterocycles. The number of amides is 1. The Balaban J connectivity index is 1.53. The van der Waals surface area contributed by atoms with E-state index in [0.29, 0.717) is 31.0 Å². The molecule has 26 heavy (non-hydrogen) atoms. The summed E-state index contributed by atoms with van der Waals surface area (Å²) in [7, 11) is 1.66. The fraction of sp³-hybridized carbons (Fsp3) is 0.400. The average molecular weight is 360 g/mol. The molecule has 1 aliphatic rings. The van der Waals surface area contributed by atoms with Crippen LogP contribution in [0.15, 0.2) is 41.3 Å². The molecular formula is C20H22F2N2O2. The van der Waals surface area contributed by atoms with Crippen LogP contribution in [0.1, 0.15) is 24.0 Å². The number of halogens is 2. The fourth-order valence-electron chi connectivity index (χ4n) is 3.49. The molecule has 0 N–H and O–H groups in total. The van der Waals surface area contributed by atoms with E-state index in [9.17, 15) is 18.4 Å². The summed E-state index contributed by atoms with van der Waals surface area (Å²) in [6.45, 7) is 1.29. The van der Waals surface area contributed by atoms with Crippen LogP contribution in [0.4, 0.5) is 8.78 Å². The highest BCUT2D eigenvalue weighted by Crippen LogP contribution is 2.23. The summed E-state index contributed by atoms with van der Waals surface area (Å²) >= 11 is 0. The van der Waals surface area contributed by atoms with Gasteiger partial charge in [0.25, 0.3) is 0 Å². The first-order valence-corrected chi connectivity index (χ1v) is 8.79. The lowest BCUT2D eigenvalue weighted by Crippen LogP contribution is -2.39. The zero-order valence-electron chi connectivity index (χ0n) is 14.8. The molecular weight excluding hydrogens is 338 g/mol. The summed E-state index contributed by atoms with van der Waals surface area (Å²) in [5.74, 6) is -0.744. The van der Waals surface area contributed by atoms with Gasteiger partial charge in [-0.3, -0.25) is 9.59 Å². The third kappa shape index (κ3) is 4.56. The predicted octanol–water partition coefficient (Wildman–Crippen LogP) is 2.69. The van der Waals surface area contributed by atoms with Gasteiger partial charge in [0.2, 0.25) is 11.5 Å². The Hall–Kier alpha value is -2.50. The van der Waals surface area contributed by atoms with E-state index in [1.54, 1.807) is 19.3 Å². The van der Waals surface area contributed by atoms with Gasteiger partial charge in [-0.05, 0) is 48.4 Å². The van der Waals surface area contributed by atoms with Crippen molar-refractivity contribution in [2.45, 2.75) is 25.7 Å². The first kappa shape index (κ1) is 18.3. The number of rotatable bonds is 4. The molecule has 0 unspecified atom stereocenters. The number of aromatic nitrogens is 1. The van der Waals surface area contributed by atoms with E-state index >= 15 is 0 Å². The number of benzene rings is 1. The van der Waals surface area contributed by atoms with Crippen molar-refractivity contribution in [1.82, 2.24) is 9.47 Å². The highest BCUT2D eigenvalue weighted by atomic mass is 19.1. The Morgan fingerprint density at radius 2 is 1.73 bits per heavy atom. The number of piperidine rings is 1. The van der Waals surface area contributed by atoms with Gasteiger partial charge in [0, 0.05) is 38.5 Å². The van der Waals surface area contributed by atoms with Crippen molar-refractivity contribution >= 4 is 5.91 Å². The van der Waals surface area contributed by atoms with E-state index in [2.05, 4.69) is 0 Å². The predicted molar refractivity (Wildman–Crippen MR) is 94.8 cm³/mol. The van der Waals surface area contributed by atoms with Gasteiger partial charge in [0.05, 0.1) is 6.42 Å². The van der Waals surface area contributed by atoms with E-state index < -0.39 is 11.6 Å². The SMILES string of the molecule is Cn1cc(CC(=O)N2CCC(Cc3cc(F)cc(F)c3)CC2)ccc1=O. The van der Waals surface area contributed by atoms with Crippen LogP contribution in [-0.4, -0.2) is 28.5 Å². The fourth-order valence-corrected chi connectivity index (χ4v) is 3.49. The molecule has 0 saturated carbocycles. The lowest BCUT2D eigenvalue weighted by molar-refractivity contribution is -0.131. The van der Waals surface area contributed by atoms with Crippen LogP contribution >= 0.6 is 0 Å². The summed E-state index contributed by atoms with van der Waals surface area (Å²) in [5, 5.41) is 0. The maximum absolute atomic E-state index is 13.3. The molecule has 1 aromatic carbocycles. The zero-order chi connectivity index (χ0) is 18.7. The smallest absolute Gasteiger partial charge is 0.250 e. The number of nitrogens with zero attached hydrogens (tertiary/aromatic N) is 2. The van der Waals surface area contributed by atoms with E-state index in [1.165, 1.54) is 22.8 Å². The maximum Gasteiger partial charge on any atom is 0.250 e. The number of carbonyl (C=O) groups excluding carboxylic acids is 1. The molecule has 0 spiro atoms. The molecule has 4 nitrogen and oxygen atoms in total. The van der Waals surface area contributed by atoms with Gasteiger partial charge in [0.15, 0.2) is 0 Å². The topological polar surface area (TPSA) is 42.3 Å². The molecule has 138 valence electrons. The van der Waals surface area contributed by atoms with Gasteiger partial charge in [0.1, 0.15) is 11.6 Å². The van der Waals surface area contributed by atoms with E-state index in [1.807, 2.05) is 4.90 Å². The van der Waals surface area contributed by atoms with Crippen molar-refractivity contribution in [3.05, 3.63) is 69.6 Å². The normalized spacial score (nSPS) is 15.3. The first-order valence-electron chi connectivity index (χ1n) is 8.79. The minimum Gasteiger partial charge on any atom is -0.342 e. The molecule has 0 aliphatic carbocycles. The third-order valence-electron chi connectivity index (χ3n) is 4.92. The number of hydrogen-bond donors (Lipinski definition) is 0. The van der Waals surface area contributed by atoms with E-state index in [4.69, 9.17) is 0 Å². The summed E-state index contributed by atoms with van der Waals surface area (Å²) in [6.07, 6.45) is 4.21. The summed E-state index contributed by atoms with van der Waals surface area (Å²) < 4.78 is 28.1. The Morgan fingerprint density at radius 1 is 1.08 bits per heavy atom. The van der Waals surface area contributed by atoms with Gasteiger partial charge >= 0.3 is 0 Å². The van der Waals surface area contributed by atoms with Crippen molar-refractivity contribution < 1.29 is 13.6 Å². The molecule has 0 bridgehead atoms. The molecule has 1 aliphatic heterocycles. The second-order valence-electron chi connectivity index (χ2n) is 6.97. The number of carbonyl (C=O) groups is 1. The molecule has 1 aromatic heterocycles. The molecule has 0 atom stereocenters. The molecule has 1 fully saturated rings. The quantitative estimate of drug-likeness (QED) is 0.841. The second-order valence-corrected chi connectivity index (χ2v) is 6.97. The molecule has 6 heteroatoms. The average Bonchev–Trinajstić information content (AvgIpc) is 2.58. The molecule has 2 aromatic rings. The Morgan fingerprint density at radius 3 is 2.35 bits per heavy atom. The van der Waals surface area contributed by atoms with Gasteiger partial charge in [-0.25, -0.2) is 8.78 Å². The number of hydrogen-bond acceptors (Lipinski definition) is 2. The second kappa shape index (κ2) is 7.81. The van der Waals surface area contributed by atoms with Crippen LogP contribution in [0.2, 0.25) is 0 Å². The number of likely N-dealkylation sites (tertiary alicyclic amines) is 1. The third-order valence-corrected chi connectivity index (χ3v) is 4.92. The highest BCUT2D eigenvalue weighted by Gasteiger charge is 2.23. The lowest BCUT2D eigenvalue weighted by atomic mass is 9.90. The Kier molecular flexibility index (Phi) is 5.49. The van der Waals surface area contributed by atoms with Crippen LogP contribution in [0.3, 0.4) is 0 Å². The van der Waals surface area contributed by atoms with Crippen molar-refractivity contribution in [3.63, 3.8) is 0 Å². The summed E-state index contributed by atoms with van der Waals surface area (Å²) in [4.78, 5) is 25.7. The zero-order valence-corrected chi connectivity index (χ0v) is 14.8. The van der Waals surface area contributed by atoms with Gasteiger partial charge in [-0.1, -0.05) is 6.07 Å². The van der Waals surface area contributed by atoms with Crippen LogP contribution in [-0.2, 0) is 24.7 Å². The minimum atomic E-state index is -0.551. The molecule has 1 amide bonds. The maximum atomic E-state index is 13.3. The summed E-state index contributed by atoms with van der Waals surface area (Å²) in [5.41, 5.74) is 1.38. The molecule has 3 rings (SSSR count). The number of aryl methyl sites for hydroxylation is 1. The van der Waals surface area contributed by atoms with Crippen LogP contribution in [0.5, 0.6) is 0 Å². The lowest BCUT2D eigenvalue weighted by Gasteiger charge is -2.32. The van der Waals surface area contributed by atoms with Crippen molar-refractivity contribution in [3.8, 4) is 0 Å². The largest absolute Gasteiger partial charge is 0.342 e. The van der Waals surface area contributed by atoms with Crippen molar-refractivity contribution in [2.75, 3.05) is 13.1 Å². The highest BCUT2D eigenvalue weighted by molar-refractivity contribution is 5.78. The van der Waals surface area contributed by atoms with Crippen molar-refractivity contribution in [2.24, 2.45) is 13.0 Å². The van der Waals surface area contributed by atoms with E-state index in [0.717, 1.165) is 24.5 Å². The van der Waals surface area contributed by atoms with Crippen LogP contribution < -0.4 is 5.56 Å². The Bertz CT molecular complexity index is 835. The monoisotopic (exact) mass is 360 g/mol. The van der Waals surface area contributed by atoms with Gasteiger partial charge in [-0.15, -0.1) is 0 Å².